The molecule has 0 aromatic heterocycles. The maximum absolute atomic E-state index is 13.7. The lowest BCUT2D eigenvalue weighted by molar-refractivity contribution is -0.176. The SMILES string of the molecule is COc1ccc(C(=O)N[C@H]2CCC(=O)N3CCC[C@@H](C(=O)N[C@H](C=NOCc4ccccc4)CC(=O)O)N3C2=O)cc1. The third kappa shape index (κ3) is 7.62. The number of hydrazine groups is 1. The molecular weight excluding hydrogens is 546 g/mol. The summed E-state index contributed by atoms with van der Waals surface area (Å²) in [4.78, 5) is 69.7. The van der Waals surface area contributed by atoms with Crippen LogP contribution in [-0.4, -0.2) is 82.7 Å². The molecule has 2 aromatic rings. The minimum Gasteiger partial charge on any atom is -0.497 e. The van der Waals surface area contributed by atoms with Crippen LogP contribution in [0, 0.1) is 0 Å². The number of carbonyl (C=O) groups is 5. The van der Waals surface area contributed by atoms with E-state index in [1.54, 1.807) is 24.3 Å². The molecule has 2 saturated heterocycles. The van der Waals surface area contributed by atoms with Gasteiger partial charge in [-0.2, -0.15) is 0 Å². The summed E-state index contributed by atoms with van der Waals surface area (Å²) in [6.45, 7) is 0.386. The van der Waals surface area contributed by atoms with Gasteiger partial charge < -0.3 is 25.3 Å². The van der Waals surface area contributed by atoms with Crippen molar-refractivity contribution >= 4 is 35.8 Å². The quantitative estimate of drug-likeness (QED) is 0.266. The van der Waals surface area contributed by atoms with Crippen molar-refractivity contribution in [2.75, 3.05) is 13.7 Å². The summed E-state index contributed by atoms with van der Waals surface area (Å²) >= 11 is 0. The molecular formula is C29H33N5O8. The molecule has 0 aliphatic carbocycles. The predicted octanol–water partition coefficient (Wildman–Crippen LogP) is 1.48. The number of carboxylic acids is 1. The number of carbonyl (C=O) groups excluding carboxylic acids is 4. The Morgan fingerprint density at radius 2 is 1.83 bits per heavy atom. The highest BCUT2D eigenvalue weighted by molar-refractivity contribution is 6.00. The zero-order valence-electron chi connectivity index (χ0n) is 23.1. The van der Waals surface area contributed by atoms with Crippen molar-refractivity contribution in [3.63, 3.8) is 0 Å². The fourth-order valence-electron chi connectivity index (χ4n) is 4.80. The van der Waals surface area contributed by atoms with Gasteiger partial charge in [-0.1, -0.05) is 35.5 Å². The largest absolute Gasteiger partial charge is 0.497 e. The number of aliphatic carboxylic acids is 1. The highest BCUT2D eigenvalue weighted by atomic mass is 16.6. The van der Waals surface area contributed by atoms with E-state index in [-0.39, 0.29) is 38.3 Å². The van der Waals surface area contributed by atoms with E-state index in [0.29, 0.717) is 17.7 Å². The maximum atomic E-state index is 13.7. The number of nitrogens with one attached hydrogen (secondary N) is 2. The molecule has 222 valence electrons. The number of nitrogens with zero attached hydrogens (tertiary/aromatic N) is 3. The average molecular weight is 580 g/mol. The van der Waals surface area contributed by atoms with E-state index in [1.807, 2.05) is 30.3 Å². The topological polar surface area (TPSA) is 167 Å². The number of amides is 4. The lowest BCUT2D eigenvalue weighted by Crippen LogP contribution is -2.64. The average Bonchev–Trinajstić information content (AvgIpc) is 3.11. The highest BCUT2D eigenvalue weighted by Gasteiger charge is 2.44. The van der Waals surface area contributed by atoms with Crippen molar-refractivity contribution in [2.45, 2.75) is 56.8 Å². The number of hydrogen-bond acceptors (Lipinski definition) is 8. The van der Waals surface area contributed by atoms with Crippen LogP contribution in [0.2, 0.25) is 0 Å². The second kappa shape index (κ2) is 14.1. The Morgan fingerprint density at radius 1 is 1.10 bits per heavy atom. The van der Waals surface area contributed by atoms with Gasteiger partial charge in [0, 0.05) is 18.5 Å². The van der Waals surface area contributed by atoms with Crippen LogP contribution < -0.4 is 15.4 Å². The molecule has 2 fully saturated rings. The number of benzene rings is 2. The van der Waals surface area contributed by atoms with Gasteiger partial charge in [0.25, 0.3) is 11.8 Å². The number of methoxy groups -OCH3 is 1. The standard InChI is InChI=1S/C29H33N5O8/c1-41-22-11-9-20(10-12-22)27(38)32-23-13-14-25(35)33-15-5-8-24(34(33)29(23)40)28(39)31-21(16-26(36)37)17-30-42-18-19-6-3-2-4-7-19/h2-4,6-7,9-12,17,21,23-24H,5,8,13-16,18H2,1H3,(H,31,39)(H,32,38)(H,36,37)/t21-,23-,24-/m0/s1. The summed E-state index contributed by atoms with van der Waals surface area (Å²) in [7, 11) is 1.50. The van der Waals surface area contributed by atoms with Gasteiger partial charge in [0.1, 0.15) is 24.4 Å². The first-order valence-electron chi connectivity index (χ1n) is 13.6. The van der Waals surface area contributed by atoms with Crippen LogP contribution in [0.25, 0.3) is 0 Å². The normalized spacial score (nSPS) is 19.5. The van der Waals surface area contributed by atoms with Gasteiger partial charge in [-0.05, 0) is 49.1 Å². The minimum absolute atomic E-state index is 0.00279. The van der Waals surface area contributed by atoms with Crippen molar-refractivity contribution in [1.82, 2.24) is 20.7 Å². The van der Waals surface area contributed by atoms with E-state index < -0.39 is 48.2 Å². The van der Waals surface area contributed by atoms with Crippen LogP contribution in [-0.2, 0) is 30.6 Å². The second-order valence-corrected chi connectivity index (χ2v) is 9.88. The summed E-state index contributed by atoms with van der Waals surface area (Å²) in [6.07, 6.45) is 1.46. The van der Waals surface area contributed by atoms with Gasteiger partial charge in [-0.3, -0.25) is 29.0 Å². The van der Waals surface area contributed by atoms with Crippen LogP contribution in [0.1, 0.15) is 48.0 Å². The van der Waals surface area contributed by atoms with Crippen LogP contribution in [0.15, 0.2) is 59.8 Å². The first-order chi connectivity index (χ1) is 20.3. The Kier molecular flexibility index (Phi) is 10.1. The fraction of sp³-hybridized carbons (Fsp3) is 0.379. The molecule has 2 aromatic carbocycles. The molecule has 13 nitrogen and oxygen atoms in total. The van der Waals surface area contributed by atoms with E-state index >= 15 is 0 Å². The summed E-state index contributed by atoms with van der Waals surface area (Å²) in [5.41, 5.74) is 1.16. The summed E-state index contributed by atoms with van der Waals surface area (Å²) in [6, 6.07) is 12.4. The van der Waals surface area contributed by atoms with E-state index in [4.69, 9.17) is 9.57 Å². The Bertz CT molecular complexity index is 1320. The molecule has 13 heteroatoms. The molecule has 0 spiro atoms. The summed E-state index contributed by atoms with van der Waals surface area (Å²) < 4.78 is 5.11. The predicted molar refractivity (Wildman–Crippen MR) is 149 cm³/mol. The fourth-order valence-corrected chi connectivity index (χ4v) is 4.80. The molecule has 2 aliphatic heterocycles. The summed E-state index contributed by atoms with van der Waals surface area (Å²) in [5.74, 6) is -2.72. The lowest BCUT2D eigenvalue weighted by Gasteiger charge is -2.43. The van der Waals surface area contributed by atoms with Crippen molar-refractivity contribution in [2.24, 2.45) is 5.16 Å². The van der Waals surface area contributed by atoms with Crippen LogP contribution in [0.5, 0.6) is 5.75 Å². The first-order valence-corrected chi connectivity index (χ1v) is 13.6. The van der Waals surface area contributed by atoms with E-state index in [2.05, 4.69) is 15.8 Å². The molecule has 0 radical (unpaired) electrons. The zero-order chi connectivity index (χ0) is 30.1. The zero-order valence-corrected chi connectivity index (χ0v) is 23.1. The lowest BCUT2D eigenvalue weighted by atomic mass is 10.0. The van der Waals surface area contributed by atoms with Gasteiger partial charge in [0.15, 0.2) is 0 Å². The van der Waals surface area contributed by atoms with E-state index in [9.17, 15) is 29.1 Å². The van der Waals surface area contributed by atoms with Crippen molar-refractivity contribution in [1.29, 1.82) is 0 Å². The maximum Gasteiger partial charge on any atom is 0.305 e. The third-order valence-electron chi connectivity index (χ3n) is 6.93. The number of hydrogen-bond donors (Lipinski definition) is 3. The van der Waals surface area contributed by atoms with Gasteiger partial charge in [0.2, 0.25) is 11.8 Å². The minimum atomic E-state index is -1.18. The smallest absolute Gasteiger partial charge is 0.305 e. The number of fused-ring (bicyclic) bond motifs is 1. The Morgan fingerprint density at radius 3 is 2.52 bits per heavy atom. The van der Waals surface area contributed by atoms with E-state index in [1.165, 1.54) is 18.3 Å². The Labute approximate surface area is 242 Å². The monoisotopic (exact) mass is 579 g/mol. The number of oxime groups is 1. The molecule has 0 unspecified atom stereocenters. The molecule has 4 amide bonds. The molecule has 0 saturated carbocycles. The van der Waals surface area contributed by atoms with Gasteiger partial charge >= 0.3 is 5.97 Å². The number of rotatable bonds is 11. The number of ether oxygens (including phenoxy) is 1. The second-order valence-electron chi connectivity index (χ2n) is 9.88. The highest BCUT2D eigenvalue weighted by Crippen LogP contribution is 2.25. The third-order valence-corrected chi connectivity index (χ3v) is 6.93. The van der Waals surface area contributed by atoms with Crippen LogP contribution >= 0.6 is 0 Å². The van der Waals surface area contributed by atoms with Crippen molar-refractivity contribution in [3.8, 4) is 5.75 Å². The Balaban J connectivity index is 1.46. The van der Waals surface area contributed by atoms with Gasteiger partial charge in [-0.15, -0.1) is 0 Å². The van der Waals surface area contributed by atoms with Crippen molar-refractivity contribution in [3.05, 3.63) is 65.7 Å². The molecule has 3 atom stereocenters. The molecule has 42 heavy (non-hydrogen) atoms. The Hall–Kier alpha value is -4.94. The molecule has 2 heterocycles. The van der Waals surface area contributed by atoms with Crippen LogP contribution in [0.3, 0.4) is 0 Å². The molecule has 3 N–H and O–H groups in total. The van der Waals surface area contributed by atoms with Gasteiger partial charge in [0.05, 0.1) is 25.8 Å². The molecule has 2 aliphatic rings. The summed E-state index contributed by atoms with van der Waals surface area (Å²) in [5, 5.41) is 20.9. The number of carboxylic acid groups (broad SMARTS) is 1. The molecule has 0 bridgehead atoms. The van der Waals surface area contributed by atoms with Crippen LogP contribution in [0.4, 0.5) is 0 Å². The first kappa shape index (κ1) is 30.0. The molecule has 4 rings (SSSR count). The van der Waals surface area contributed by atoms with Gasteiger partial charge in [-0.25, -0.2) is 5.01 Å². The van der Waals surface area contributed by atoms with Crippen molar-refractivity contribution < 1.29 is 38.7 Å². The van der Waals surface area contributed by atoms with E-state index in [0.717, 1.165) is 10.6 Å².